The van der Waals surface area contributed by atoms with Crippen molar-refractivity contribution in [3.05, 3.63) is 0 Å². The third-order valence-electron chi connectivity index (χ3n) is 5.61. The van der Waals surface area contributed by atoms with E-state index in [-0.39, 0.29) is 36.8 Å². The Morgan fingerprint density at radius 3 is 2.04 bits per heavy atom. The molecular formula is C16H30F3NO2Si. The van der Waals surface area contributed by atoms with Crippen LogP contribution in [0.3, 0.4) is 0 Å². The number of hydrogen-bond donors (Lipinski definition) is 1. The van der Waals surface area contributed by atoms with Crippen LogP contribution in [0.4, 0.5) is 13.2 Å². The van der Waals surface area contributed by atoms with Gasteiger partial charge in [0.2, 0.25) is 5.91 Å². The summed E-state index contributed by atoms with van der Waals surface area (Å²) in [5.41, 5.74) is 3.26. The second kappa shape index (κ2) is 6.74. The van der Waals surface area contributed by atoms with Crippen molar-refractivity contribution in [2.75, 3.05) is 0 Å². The third-order valence-corrected chi connectivity index (χ3v) is 10.1. The van der Waals surface area contributed by atoms with Gasteiger partial charge in [-0.2, -0.15) is 13.2 Å². The molecule has 1 fully saturated rings. The Kier molecular flexibility index (Phi) is 6.01. The number of alkyl halides is 3. The number of nitrogens with two attached hydrogens (primary N) is 1. The van der Waals surface area contributed by atoms with Crippen LogP contribution in [-0.2, 0) is 9.22 Å². The van der Waals surface area contributed by atoms with Crippen LogP contribution in [0.25, 0.3) is 0 Å². The maximum absolute atomic E-state index is 13.5. The molecule has 23 heavy (non-hydrogen) atoms. The van der Waals surface area contributed by atoms with Crippen LogP contribution in [0.15, 0.2) is 0 Å². The first-order chi connectivity index (χ1) is 10.2. The number of hydrogen-bond acceptors (Lipinski definition) is 2. The van der Waals surface area contributed by atoms with Gasteiger partial charge < -0.3 is 10.2 Å². The Morgan fingerprint density at radius 2 is 1.70 bits per heavy atom. The number of halogens is 3. The summed E-state index contributed by atoms with van der Waals surface area (Å²) in [7, 11) is -1.98. The minimum Gasteiger partial charge on any atom is -0.414 e. The van der Waals surface area contributed by atoms with Crippen molar-refractivity contribution in [3.63, 3.8) is 0 Å². The van der Waals surface area contributed by atoms with E-state index in [0.717, 1.165) is 0 Å². The number of amides is 1. The molecule has 0 aliphatic heterocycles. The van der Waals surface area contributed by atoms with Crippen LogP contribution in [0, 0.1) is 5.41 Å². The van der Waals surface area contributed by atoms with Gasteiger partial charge in [-0.3, -0.25) is 4.79 Å². The average molecular weight is 354 g/mol. The number of primary amides is 1. The maximum Gasteiger partial charge on any atom is 0.394 e. The van der Waals surface area contributed by atoms with E-state index in [4.69, 9.17) is 10.2 Å². The first-order valence-corrected chi connectivity index (χ1v) is 11.1. The SMILES string of the molecule is CC(C)(C)[Si](C)(C)OC1CCC(CCC(N)=O)(C(F)(F)F)CC1. The summed E-state index contributed by atoms with van der Waals surface area (Å²) in [6.07, 6.45) is -4.02. The van der Waals surface area contributed by atoms with Gasteiger partial charge in [-0.25, -0.2) is 0 Å². The summed E-state index contributed by atoms with van der Waals surface area (Å²) in [6, 6.07) is 0. The molecule has 2 N–H and O–H groups in total. The van der Waals surface area contributed by atoms with E-state index >= 15 is 0 Å². The van der Waals surface area contributed by atoms with Crippen LogP contribution >= 0.6 is 0 Å². The molecule has 0 bridgehead atoms. The van der Waals surface area contributed by atoms with Gasteiger partial charge in [-0.1, -0.05) is 20.8 Å². The molecule has 0 spiro atoms. The first kappa shape index (κ1) is 20.5. The Morgan fingerprint density at radius 1 is 1.22 bits per heavy atom. The topological polar surface area (TPSA) is 52.3 Å². The maximum atomic E-state index is 13.5. The van der Waals surface area contributed by atoms with E-state index < -0.39 is 25.8 Å². The summed E-state index contributed by atoms with van der Waals surface area (Å²) in [4.78, 5) is 10.9. The predicted octanol–water partition coefficient (Wildman–Crippen LogP) is 4.77. The van der Waals surface area contributed by atoms with Crippen LogP contribution in [0.5, 0.6) is 0 Å². The van der Waals surface area contributed by atoms with Crippen molar-refractivity contribution >= 4 is 14.2 Å². The van der Waals surface area contributed by atoms with Crippen molar-refractivity contribution in [3.8, 4) is 0 Å². The quantitative estimate of drug-likeness (QED) is 0.724. The molecule has 1 rings (SSSR count). The summed E-state index contributed by atoms with van der Waals surface area (Å²) < 4.78 is 46.8. The fourth-order valence-corrected chi connectivity index (χ4v) is 4.32. The molecule has 0 aromatic heterocycles. The lowest BCUT2D eigenvalue weighted by molar-refractivity contribution is -0.241. The van der Waals surface area contributed by atoms with Gasteiger partial charge in [0.15, 0.2) is 8.32 Å². The van der Waals surface area contributed by atoms with Crippen LogP contribution in [0.2, 0.25) is 18.1 Å². The van der Waals surface area contributed by atoms with E-state index in [1.54, 1.807) is 0 Å². The molecular weight excluding hydrogens is 323 g/mol. The van der Waals surface area contributed by atoms with E-state index in [9.17, 15) is 18.0 Å². The van der Waals surface area contributed by atoms with Gasteiger partial charge in [-0.15, -0.1) is 0 Å². The summed E-state index contributed by atoms with van der Waals surface area (Å²) in [6.45, 7) is 10.6. The predicted molar refractivity (Wildman–Crippen MR) is 87.5 cm³/mol. The van der Waals surface area contributed by atoms with Gasteiger partial charge >= 0.3 is 6.18 Å². The van der Waals surface area contributed by atoms with Crippen molar-refractivity contribution < 1.29 is 22.4 Å². The Bertz CT molecular complexity index is 422. The van der Waals surface area contributed by atoms with E-state index in [2.05, 4.69) is 33.9 Å². The van der Waals surface area contributed by atoms with Gasteiger partial charge in [0.05, 0.1) is 5.41 Å². The molecule has 0 radical (unpaired) electrons. The van der Waals surface area contributed by atoms with Crippen molar-refractivity contribution in [1.29, 1.82) is 0 Å². The lowest BCUT2D eigenvalue weighted by atomic mass is 9.69. The molecule has 0 aromatic rings. The highest BCUT2D eigenvalue weighted by Crippen LogP contribution is 2.53. The van der Waals surface area contributed by atoms with E-state index in [0.29, 0.717) is 12.8 Å². The van der Waals surface area contributed by atoms with Gasteiger partial charge in [-0.05, 0) is 50.2 Å². The van der Waals surface area contributed by atoms with Crippen LogP contribution in [-0.4, -0.2) is 26.5 Å². The molecule has 3 nitrogen and oxygen atoms in total. The number of rotatable bonds is 5. The summed E-state index contributed by atoms with van der Waals surface area (Å²) in [5, 5.41) is 0.0392. The van der Waals surface area contributed by atoms with Crippen LogP contribution < -0.4 is 5.73 Å². The molecule has 0 saturated heterocycles. The van der Waals surface area contributed by atoms with Gasteiger partial charge in [0.1, 0.15) is 0 Å². The highest BCUT2D eigenvalue weighted by molar-refractivity contribution is 6.74. The Balaban J connectivity index is 2.75. The second-order valence-electron chi connectivity index (χ2n) is 8.32. The van der Waals surface area contributed by atoms with Gasteiger partial charge in [0, 0.05) is 12.5 Å². The molecule has 0 atom stereocenters. The Labute approximate surface area is 138 Å². The van der Waals surface area contributed by atoms with E-state index in [1.807, 2.05) is 0 Å². The average Bonchev–Trinajstić information content (AvgIpc) is 2.35. The summed E-state index contributed by atoms with van der Waals surface area (Å²) >= 11 is 0. The number of carbonyl (C=O) groups excluding carboxylic acids is 1. The fourth-order valence-electron chi connectivity index (χ4n) is 2.89. The zero-order chi connectivity index (χ0) is 18.1. The lowest BCUT2D eigenvalue weighted by Crippen LogP contribution is -2.48. The van der Waals surface area contributed by atoms with Gasteiger partial charge in [0.25, 0.3) is 0 Å². The normalized spacial score (nSPS) is 27.0. The molecule has 136 valence electrons. The minimum atomic E-state index is -4.30. The molecule has 0 aromatic carbocycles. The van der Waals surface area contributed by atoms with Crippen molar-refractivity contribution in [2.24, 2.45) is 11.1 Å². The molecule has 1 aliphatic rings. The molecule has 1 aliphatic carbocycles. The van der Waals surface area contributed by atoms with Crippen LogP contribution in [0.1, 0.15) is 59.3 Å². The standard InChI is InChI=1S/C16H30F3NO2Si/c1-14(2,3)23(4,5)22-12-6-9-15(10-7-12,16(17,18)19)11-8-13(20)21/h12H,6-11H2,1-5H3,(H2,20,21). The monoisotopic (exact) mass is 353 g/mol. The highest BCUT2D eigenvalue weighted by atomic mass is 28.4. The smallest absolute Gasteiger partial charge is 0.394 e. The lowest BCUT2D eigenvalue weighted by Gasteiger charge is -2.45. The molecule has 7 heteroatoms. The minimum absolute atomic E-state index is 0.0169. The molecule has 0 heterocycles. The Hall–Kier alpha value is -0.563. The molecule has 1 saturated carbocycles. The van der Waals surface area contributed by atoms with E-state index in [1.165, 1.54) is 0 Å². The number of carbonyl (C=O) groups is 1. The highest BCUT2D eigenvalue weighted by Gasteiger charge is 2.55. The zero-order valence-electron chi connectivity index (χ0n) is 14.8. The largest absolute Gasteiger partial charge is 0.414 e. The fraction of sp³-hybridized carbons (Fsp3) is 0.938. The molecule has 1 amide bonds. The second-order valence-corrected chi connectivity index (χ2v) is 13.1. The first-order valence-electron chi connectivity index (χ1n) is 8.23. The zero-order valence-corrected chi connectivity index (χ0v) is 15.8. The summed E-state index contributed by atoms with van der Waals surface area (Å²) in [5.74, 6) is -0.673. The third kappa shape index (κ3) is 4.95. The van der Waals surface area contributed by atoms with Crippen molar-refractivity contribution in [1.82, 2.24) is 0 Å². The molecule has 0 unspecified atom stereocenters. The van der Waals surface area contributed by atoms with Crippen molar-refractivity contribution in [2.45, 2.75) is 89.7 Å².